The Hall–Kier alpha value is -4.34. The van der Waals surface area contributed by atoms with Gasteiger partial charge in [-0.3, -0.25) is 19.4 Å². The second-order valence-electron chi connectivity index (χ2n) is 10.5. The molecule has 3 aliphatic carbocycles. The summed E-state index contributed by atoms with van der Waals surface area (Å²) in [5, 5.41) is 3.65. The van der Waals surface area contributed by atoms with Gasteiger partial charge in [-0.05, 0) is 55.2 Å². The number of rotatable bonds is 8. The highest BCUT2D eigenvalue weighted by molar-refractivity contribution is 6.14. The topological polar surface area (TPSA) is 133 Å². The van der Waals surface area contributed by atoms with E-state index in [0.717, 1.165) is 5.39 Å². The number of fused-ring (bicyclic) bond motifs is 2. The number of anilines is 1. The van der Waals surface area contributed by atoms with Crippen molar-refractivity contribution < 1.29 is 28.6 Å². The Kier molecular flexibility index (Phi) is 4.56. The van der Waals surface area contributed by atoms with Gasteiger partial charge in [-0.1, -0.05) is 0 Å². The molecule has 1 unspecified atom stereocenters. The second kappa shape index (κ2) is 7.59. The smallest absolute Gasteiger partial charge is 0.240 e. The standard InChI is InChI=1S/C28H26N4O6/c1-36-20-11-16-18(12-21(20)37-2)30-10-7-19(16)38-15-5-3-14(4-6-15)31-25(34)27(8-9-27)26(35)32-13-17-22-23(32)28(17,22)24(29)33/h3-7,10-12,17,22-23H,8-9,13H2,1-2H3,(H2,29,33)(H,31,34)/t17-,22-,23?,28-/m1/s1. The number of hydrogen-bond donors (Lipinski definition) is 2. The molecule has 4 atom stereocenters. The van der Waals surface area contributed by atoms with Crippen molar-refractivity contribution in [1.29, 1.82) is 0 Å². The molecule has 10 nitrogen and oxygen atoms in total. The maximum absolute atomic E-state index is 13.3. The van der Waals surface area contributed by atoms with Gasteiger partial charge in [-0.2, -0.15) is 0 Å². The van der Waals surface area contributed by atoms with E-state index in [1.54, 1.807) is 61.7 Å². The number of benzene rings is 2. The zero-order valence-corrected chi connectivity index (χ0v) is 20.9. The molecule has 2 aliphatic heterocycles. The molecule has 3 aromatic rings. The molecule has 3 saturated carbocycles. The predicted octanol–water partition coefficient (Wildman–Crippen LogP) is 2.71. The van der Waals surface area contributed by atoms with Crippen molar-refractivity contribution in [3.05, 3.63) is 48.7 Å². The van der Waals surface area contributed by atoms with Gasteiger partial charge in [0.2, 0.25) is 17.7 Å². The van der Waals surface area contributed by atoms with Crippen LogP contribution in [0.5, 0.6) is 23.0 Å². The number of amides is 3. The Labute approximate surface area is 218 Å². The Morgan fingerprint density at radius 2 is 1.74 bits per heavy atom. The lowest BCUT2D eigenvalue weighted by Crippen LogP contribution is -2.43. The number of primary amides is 1. The quantitative estimate of drug-likeness (QED) is 0.442. The lowest BCUT2D eigenvalue weighted by molar-refractivity contribution is -0.141. The molecule has 8 rings (SSSR count). The third kappa shape index (κ3) is 2.94. The first-order chi connectivity index (χ1) is 18.3. The Bertz CT molecular complexity index is 1530. The van der Waals surface area contributed by atoms with Gasteiger partial charge >= 0.3 is 0 Å². The molecular formula is C28H26N4O6. The molecule has 10 heteroatoms. The zero-order chi connectivity index (χ0) is 26.4. The summed E-state index contributed by atoms with van der Waals surface area (Å²) >= 11 is 0. The molecule has 3 heterocycles. The maximum atomic E-state index is 13.3. The number of piperidine rings is 1. The summed E-state index contributed by atoms with van der Waals surface area (Å²) < 4.78 is 16.9. The van der Waals surface area contributed by atoms with Gasteiger partial charge in [0.25, 0.3) is 0 Å². The fourth-order valence-electron chi connectivity index (χ4n) is 6.45. The zero-order valence-electron chi connectivity index (χ0n) is 20.9. The van der Waals surface area contributed by atoms with E-state index in [1.165, 1.54) is 0 Å². The van der Waals surface area contributed by atoms with Crippen LogP contribution in [0.4, 0.5) is 5.69 Å². The molecule has 3 N–H and O–H groups in total. The minimum absolute atomic E-state index is 0.107. The van der Waals surface area contributed by atoms with Crippen LogP contribution in [-0.4, -0.2) is 54.4 Å². The van der Waals surface area contributed by atoms with E-state index in [-0.39, 0.29) is 35.6 Å². The number of carbonyl (C=O) groups is 3. The highest BCUT2D eigenvalue weighted by Gasteiger charge is 2.96. The summed E-state index contributed by atoms with van der Waals surface area (Å²) in [4.78, 5) is 44.4. The molecule has 2 bridgehead atoms. The highest BCUT2D eigenvalue weighted by atomic mass is 16.5. The SMILES string of the molecule is COc1cc2nccc(Oc3ccc(NC(=O)C4(C(=O)N5C[C@@H]6[C@@H]7C5[C@@]67C(N)=O)CC4)cc3)c2cc1OC. The third-order valence-corrected chi connectivity index (χ3v) is 8.77. The Morgan fingerprint density at radius 1 is 1.03 bits per heavy atom. The van der Waals surface area contributed by atoms with Crippen LogP contribution < -0.4 is 25.3 Å². The number of carbonyl (C=O) groups excluding carboxylic acids is 3. The van der Waals surface area contributed by atoms with Crippen LogP contribution in [0.1, 0.15) is 12.8 Å². The highest BCUT2D eigenvalue weighted by Crippen LogP contribution is 2.85. The van der Waals surface area contributed by atoms with E-state index in [1.807, 2.05) is 6.07 Å². The number of hydrogen-bond acceptors (Lipinski definition) is 7. The molecule has 3 amide bonds. The number of methoxy groups -OCH3 is 2. The lowest BCUT2D eigenvalue weighted by atomic mass is 10.0. The third-order valence-electron chi connectivity index (χ3n) is 8.77. The monoisotopic (exact) mass is 514 g/mol. The van der Waals surface area contributed by atoms with E-state index < -0.39 is 10.8 Å². The number of nitrogens with two attached hydrogens (primary N) is 1. The minimum Gasteiger partial charge on any atom is -0.493 e. The summed E-state index contributed by atoms with van der Waals surface area (Å²) in [6.07, 6.45) is 2.66. The van der Waals surface area contributed by atoms with Crippen LogP contribution in [0, 0.1) is 22.7 Å². The molecular weight excluding hydrogens is 488 g/mol. The summed E-state index contributed by atoms with van der Waals surface area (Å²) in [6.45, 7) is 0.528. The molecule has 5 aliphatic rings. The molecule has 1 aromatic heterocycles. The van der Waals surface area contributed by atoms with Crippen molar-refractivity contribution in [2.45, 2.75) is 18.9 Å². The van der Waals surface area contributed by atoms with E-state index >= 15 is 0 Å². The number of nitrogens with zero attached hydrogens (tertiary/aromatic N) is 2. The summed E-state index contributed by atoms with van der Waals surface area (Å²) in [5.74, 6) is 1.88. The molecule has 2 saturated heterocycles. The largest absolute Gasteiger partial charge is 0.493 e. The number of nitrogens with one attached hydrogen (secondary N) is 1. The summed E-state index contributed by atoms with van der Waals surface area (Å²) in [6, 6.07) is 12.2. The molecule has 38 heavy (non-hydrogen) atoms. The number of pyridine rings is 1. The number of ether oxygens (including phenoxy) is 3. The van der Waals surface area contributed by atoms with Crippen LogP contribution in [0.3, 0.4) is 0 Å². The average Bonchev–Trinajstić information content (AvgIpc) is 3.87. The molecule has 0 radical (unpaired) electrons. The average molecular weight is 515 g/mol. The van der Waals surface area contributed by atoms with Crippen molar-refractivity contribution in [2.75, 3.05) is 26.1 Å². The van der Waals surface area contributed by atoms with Crippen LogP contribution in [0.25, 0.3) is 10.9 Å². The lowest BCUT2D eigenvalue weighted by Gasteiger charge is -2.23. The molecule has 0 spiro atoms. The Morgan fingerprint density at radius 3 is 2.34 bits per heavy atom. The first-order valence-corrected chi connectivity index (χ1v) is 12.6. The van der Waals surface area contributed by atoms with E-state index in [9.17, 15) is 14.4 Å². The van der Waals surface area contributed by atoms with Crippen LogP contribution in [0.15, 0.2) is 48.7 Å². The van der Waals surface area contributed by atoms with Gasteiger partial charge in [-0.15, -0.1) is 0 Å². The fourth-order valence-corrected chi connectivity index (χ4v) is 6.45. The molecule has 194 valence electrons. The number of aromatic nitrogens is 1. The van der Waals surface area contributed by atoms with Crippen LogP contribution in [-0.2, 0) is 14.4 Å². The normalized spacial score (nSPS) is 26.8. The van der Waals surface area contributed by atoms with E-state index in [2.05, 4.69) is 10.3 Å². The predicted molar refractivity (Wildman–Crippen MR) is 136 cm³/mol. The van der Waals surface area contributed by atoms with Gasteiger partial charge in [0.1, 0.15) is 16.9 Å². The Balaban J connectivity index is 1.04. The summed E-state index contributed by atoms with van der Waals surface area (Å²) in [5.41, 5.74) is 5.28. The van der Waals surface area contributed by atoms with Crippen molar-refractivity contribution in [3.8, 4) is 23.0 Å². The van der Waals surface area contributed by atoms with Gasteiger partial charge in [0.05, 0.1) is 31.2 Å². The van der Waals surface area contributed by atoms with Crippen LogP contribution >= 0.6 is 0 Å². The van der Waals surface area contributed by atoms with Crippen LogP contribution in [0.2, 0.25) is 0 Å². The fraction of sp³-hybridized carbons (Fsp3) is 0.357. The van der Waals surface area contributed by atoms with E-state index in [0.29, 0.717) is 53.6 Å². The van der Waals surface area contributed by atoms with Gasteiger partial charge in [0, 0.05) is 35.8 Å². The van der Waals surface area contributed by atoms with Crippen molar-refractivity contribution in [2.24, 2.45) is 28.4 Å². The van der Waals surface area contributed by atoms with Crippen molar-refractivity contribution in [3.63, 3.8) is 0 Å². The van der Waals surface area contributed by atoms with Crippen molar-refractivity contribution >= 4 is 34.3 Å². The van der Waals surface area contributed by atoms with Gasteiger partial charge in [-0.25, -0.2) is 0 Å². The first kappa shape index (κ1) is 22.8. The van der Waals surface area contributed by atoms with Gasteiger partial charge < -0.3 is 30.2 Å². The van der Waals surface area contributed by atoms with Gasteiger partial charge in [0.15, 0.2) is 11.5 Å². The summed E-state index contributed by atoms with van der Waals surface area (Å²) in [7, 11) is 3.14. The van der Waals surface area contributed by atoms with Crippen molar-refractivity contribution in [1.82, 2.24) is 9.88 Å². The van der Waals surface area contributed by atoms with E-state index in [4.69, 9.17) is 19.9 Å². The maximum Gasteiger partial charge on any atom is 0.240 e. The minimum atomic E-state index is -1.05. The first-order valence-electron chi connectivity index (χ1n) is 12.6. The molecule has 5 fully saturated rings. The molecule has 2 aromatic carbocycles. The second-order valence-corrected chi connectivity index (χ2v) is 10.5.